The molecule has 1 aliphatic heterocycles. The molecule has 3 aromatic heterocycles. The van der Waals surface area contributed by atoms with Gasteiger partial charge in [0.1, 0.15) is 5.54 Å². The van der Waals surface area contributed by atoms with Crippen molar-refractivity contribution in [1.29, 1.82) is 0 Å². The number of thiophene rings is 1. The highest BCUT2D eigenvalue weighted by Crippen LogP contribution is 2.41. The summed E-state index contributed by atoms with van der Waals surface area (Å²) in [5.74, 6) is -0.0842. The largest absolute Gasteiger partial charge is 0.369 e. The van der Waals surface area contributed by atoms with Crippen molar-refractivity contribution in [2.45, 2.75) is 19.4 Å². The highest BCUT2D eigenvalue weighted by atomic mass is 32.2. The maximum absolute atomic E-state index is 12.4. The quantitative estimate of drug-likeness (QED) is 0.702. The van der Waals surface area contributed by atoms with Gasteiger partial charge in [-0.15, -0.1) is 11.3 Å². The first kappa shape index (κ1) is 17.0. The normalized spacial score (nSPS) is 22.6. The molecule has 1 aliphatic rings. The molecule has 0 bridgehead atoms. The number of pyridine rings is 1. The van der Waals surface area contributed by atoms with Crippen LogP contribution in [0.15, 0.2) is 35.6 Å². The Labute approximate surface area is 155 Å². The van der Waals surface area contributed by atoms with Crippen LogP contribution < -0.4 is 5.73 Å². The van der Waals surface area contributed by atoms with Gasteiger partial charge >= 0.3 is 0 Å². The van der Waals surface area contributed by atoms with E-state index in [-0.39, 0.29) is 11.7 Å². The number of hydrogen-bond donors (Lipinski definition) is 2. The van der Waals surface area contributed by atoms with Crippen LogP contribution in [0.5, 0.6) is 0 Å². The van der Waals surface area contributed by atoms with E-state index in [0.29, 0.717) is 0 Å². The average molecular weight is 390 g/mol. The Hall–Kier alpha value is -2.39. The number of nitrogens with one attached hydrogen (secondary N) is 1. The number of rotatable bonds is 2. The number of fused-ring (bicyclic) bond motifs is 1. The van der Waals surface area contributed by atoms with Gasteiger partial charge in [-0.1, -0.05) is 0 Å². The van der Waals surface area contributed by atoms with Crippen LogP contribution in [0.4, 0.5) is 0 Å². The zero-order chi connectivity index (χ0) is 18.7. The van der Waals surface area contributed by atoms with E-state index in [2.05, 4.69) is 21.0 Å². The van der Waals surface area contributed by atoms with E-state index in [9.17, 15) is 8.42 Å². The molecule has 26 heavy (non-hydrogen) atoms. The van der Waals surface area contributed by atoms with Crippen molar-refractivity contribution in [2.24, 2.45) is 10.7 Å². The fourth-order valence-corrected chi connectivity index (χ4v) is 6.08. The van der Waals surface area contributed by atoms with Gasteiger partial charge in [-0.2, -0.15) is 0 Å². The topological polar surface area (TPSA) is 104 Å². The average Bonchev–Trinajstić information content (AvgIpc) is 3.15. The molecule has 3 N–H and O–H groups in total. The van der Waals surface area contributed by atoms with E-state index in [0.717, 1.165) is 36.2 Å². The fraction of sp³-hybridized carbons (Fsp3) is 0.294. The van der Waals surface area contributed by atoms with Gasteiger partial charge in [0.25, 0.3) is 0 Å². The minimum Gasteiger partial charge on any atom is -0.369 e. The second-order valence-electron chi connectivity index (χ2n) is 6.74. The molecule has 0 amide bonds. The standard InChI is InChI=1S/C17H19N5O2S2/c1-10-6-14(13-7-11-8-19-5-4-12(11)20-13)25-15(10)17(2)9-26(23,24)22(3)16(18)21-17/h4-8,20H,9H2,1-3H3,(H2,18,21)/t17-/m0/s1. The monoisotopic (exact) mass is 389 g/mol. The first-order chi connectivity index (χ1) is 12.2. The molecule has 4 heterocycles. The van der Waals surface area contributed by atoms with Gasteiger partial charge in [0.05, 0.1) is 16.3 Å². The summed E-state index contributed by atoms with van der Waals surface area (Å²) < 4.78 is 25.9. The lowest BCUT2D eigenvalue weighted by Gasteiger charge is -2.34. The van der Waals surface area contributed by atoms with Crippen molar-refractivity contribution >= 4 is 38.2 Å². The van der Waals surface area contributed by atoms with Gasteiger partial charge in [-0.05, 0) is 37.6 Å². The van der Waals surface area contributed by atoms with E-state index in [4.69, 9.17) is 5.73 Å². The number of aryl methyl sites for hydroxylation is 1. The van der Waals surface area contributed by atoms with Gasteiger partial charge in [-0.25, -0.2) is 17.7 Å². The number of aromatic amines is 1. The molecule has 4 rings (SSSR count). The predicted molar refractivity (Wildman–Crippen MR) is 105 cm³/mol. The highest BCUT2D eigenvalue weighted by molar-refractivity contribution is 7.89. The molecule has 0 spiro atoms. The molecule has 0 aromatic carbocycles. The van der Waals surface area contributed by atoms with E-state index in [1.807, 2.05) is 32.2 Å². The lowest BCUT2D eigenvalue weighted by Crippen LogP contribution is -2.50. The summed E-state index contributed by atoms with van der Waals surface area (Å²) in [6, 6.07) is 6.03. The van der Waals surface area contributed by atoms with Crippen LogP contribution in [0.25, 0.3) is 21.5 Å². The van der Waals surface area contributed by atoms with Crippen LogP contribution in [-0.2, 0) is 15.6 Å². The highest BCUT2D eigenvalue weighted by Gasteiger charge is 2.42. The Bertz CT molecular complexity index is 1110. The minimum atomic E-state index is -3.49. The smallest absolute Gasteiger partial charge is 0.239 e. The predicted octanol–water partition coefficient (Wildman–Crippen LogP) is 2.40. The number of hydrogen-bond acceptors (Lipinski definition) is 6. The van der Waals surface area contributed by atoms with Gasteiger partial charge in [0.15, 0.2) is 0 Å². The Kier molecular flexibility index (Phi) is 3.64. The summed E-state index contributed by atoms with van der Waals surface area (Å²) in [7, 11) is -2.06. The van der Waals surface area contributed by atoms with Crippen LogP contribution in [0.3, 0.4) is 0 Å². The van der Waals surface area contributed by atoms with Crippen molar-refractivity contribution in [3.8, 4) is 10.6 Å². The summed E-state index contributed by atoms with van der Waals surface area (Å²) in [5, 5.41) is 1.03. The third-order valence-electron chi connectivity index (χ3n) is 4.66. The van der Waals surface area contributed by atoms with Crippen molar-refractivity contribution in [3.63, 3.8) is 0 Å². The number of nitrogens with two attached hydrogens (primary N) is 1. The Morgan fingerprint density at radius 2 is 2.15 bits per heavy atom. The second-order valence-corrected chi connectivity index (χ2v) is 9.79. The summed E-state index contributed by atoms with van der Waals surface area (Å²) in [6.45, 7) is 3.80. The van der Waals surface area contributed by atoms with Crippen LogP contribution in [0.1, 0.15) is 17.4 Å². The number of guanidine groups is 1. The number of nitrogens with zero attached hydrogens (tertiary/aromatic N) is 3. The zero-order valence-electron chi connectivity index (χ0n) is 14.6. The molecule has 1 atom stereocenters. The van der Waals surface area contributed by atoms with Crippen LogP contribution in [0, 0.1) is 6.92 Å². The van der Waals surface area contributed by atoms with Crippen LogP contribution >= 0.6 is 11.3 Å². The summed E-state index contributed by atoms with van der Waals surface area (Å²) in [4.78, 5) is 14.0. The van der Waals surface area contributed by atoms with Crippen molar-refractivity contribution in [2.75, 3.05) is 12.8 Å². The molecule has 0 radical (unpaired) electrons. The van der Waals surface area contributed by atoms with Gasteiger partial charge in [0.2, 0.25) is 16.0 Å². The van der Waals surface area contributed by atoms with Crippen molar-refractivity contribution in [3.05, 3.63) is 41.0 Å². The van der Waals surface area contributed by atoms with Crippen molar-refractivity contribution in [1.82, 2.24) is 14.3 Å². The van der Waals surface area contributed by atoms with Gasteiger partial charge in [0, 0.05) is 35.2 Å². The third-order valence-corrected chi connectivity index (χ3v) is 8.13. The van der Waals surface area contributed by atoms with Gasteiger partial charge < -0.3 is 10.7 Å². The molecule has 0 fully saturated rings. The first-order valence-corrected chi connectivity index (χ1v) is 10.5. The van der Waals surface area contributed by atoms with E-state index in [1.54, 1.807) is 6.20 Å². The fourth-order valence-electron chi connectivity index (χ4n) is 3.32. The van der Waals surface area contributed by atoms with E-state index >= 15 is 0 Å². The SMILES string of the molecule is Cc1cc(-c2cc3cnccc3[nH]2)sc1[C@]1(C)CS(=O)(=O)N(C)C(N)=N1. The number of aliphatic imine (C=N–C) groups is 1. The molecule has 7 nitrogen and oxygen atoms in total. The lowest BCUT2D eigenvalue weighted by atomic mass is 10.0. The van der Waals surface area contributed by atoms with E-state index in [1.165, 1.54) is 18.4 Å². The first-order valence-electron chi connectivity index (χ1n) is 8.05. The molecular weight excluding hydrogens is 370 g/mol. The molecule has 0 aliphatic carbocycles. The summed E-state index contributed by atoms with van der Waals surface area (Å²) in [6.07, 6.45) is 3.56. The number of aromatic nitrogens is 2. The Balaban J connectivity index is 1.82. The maximum Gasteiger partial charge on any atom is 0.239 e. The molecular formula is C17H19N5O2S2. The molecule has 0 unspecified atom stereocenters. The summed E-state index contributed by atoms with van der Waals surface area (Å²) >= 11 is 1.54. The van der Waals surface area contributed by atoms with E-state index < -0.39 is 15.6 Å². The van der Waals surface area contributed by atoms with Crippen LogP contribution in [-0.4, -0.2) is 41.5 Å². The maximum atomic E-state index is 12.4. The number of sulfonamides is 1. The molecule has 9 heteroatoms. The molecule has 0 saturated heterocycles. The molecule has 3 aromatic rings. The second kappa shape index (κ2) is 5.55. The molecule has 136 valence electrons. The minimum absolute atomic E-state index is 0.0183. The zero-order valence-corrected chi connectivity index (χ0v) is 16.3. The number of H-pyrrole nitrogens is 1. The Morgan fingerprint density at radius 3 is 2.85 bits per heavy atom. The van der Waals surface area contributed by atoms with Crippen molar-refractivity contribution < 1.29 is 8.42 Å². The van der Waals surface area contributed by atoms with Gasteiger partial charge in [-0.3, -0.25) is 4.98 Å². The summed E-state index contributed by atoms with van der Waals surface area (Å²) in [5.41, 5.74) is 7.97. The van der Waals surface area contributed by atoms with Crippen LogP contribution in [0.2, 0.25) is 0 Å². The Morgan fingerprint density at radius 1 is 1.38 bits per heavy atom. The third kappa shape index (κ3) is 2.58. The lowest BCUT2D eigenvalue weighted by molar-refractivity contribution is 0.481. The molecule has 0 saturated carbocycles.